The fourth-order valence-corrected chi connectivity index (χ4v) is 4.12. The number of benzene rings is 1. The van der Waals surface area contributed by atoms with Gasteiger partial charge in [-0.15, -0.1) is 0 Å². The summed E-state index contributed by atoms with van der Waals surface area (Å²) in [6.07, 6.45) is 5.06. The van der Waals surface area contributed by atoms with Crippen molar-refractivity contribution in [2.45, 2.75) is 24.3 Å². The minimum absolute atomic E-state index is 0.0795. The third-order valence-electron chi connectivity index (χ3n) is 3.69. The third-order valence-corrected chi connectivity index (χ3v) is 5.58. The zero-order valence-corrected chi connectivity index (χ0v) is 13.4. The summed E-state index contributed by atoms with van der Waals surface area (Å²) in [5.74, 6) is -0.260. The molecule has 1 aliphatic rings. The van der Waals surface area contributed by atoms with Crippen LogP contribution >= 0.6 is 0 Å². The lowest BCUT2D eigenvalue weighted by Crippen LogP contribution is -2.28. The molecule has 0 bridgehead atoms. The first-order chi connectivity index (χ1) is 11.1. The summed E-state index contributed by atoms with van der Waals surface area (Å²) in [5.41, 5.74) is 0.461. The molecule has 1 aromatic heterocycles. The van der Waals surface area contributed by atoms with E-state index in [1.807, 2.05) is 0 Å². The molecule has 1 amide bonds. The van der Waals surface area contributed by atoms with E-state index in [0.29, 0.717) is 18.8 Å². The van der Waals surface area contributed by atoms with Crippen molar-refractivity contribution in [3.63, 3.8) is 0 Å². The Labute approximate surface area is 135 Å². The quantitative estimate of drug-likeness (QED) is 0.893. The Morgan fingerprint density at radius 2 is 2.00 bits per heavy atom. The lowest BCUT2D eigenvalue weighted by Gasteiger charge is -2.16. The first-order valence-corrected chi connectivity index (χ1v) is 8.87. The van der Waals surface area contributed by atoms with Gasteiger partial charge < -0.3 is 5.32 Å². The highest BCUT2D eigenvalue weighted by Gasteiger charge is 2.27. The number of aromatic nitrogens is 2. The normalized spacial score (nSPS) is 15.7. The molecule has 1 N–H and O–H groups in total. The minimum Gasteiger partial charge on any atom is -0.324 e. The minimum atomic E-state index is -3.48. The molecule has 1 saturated heterocycles. The lowest BCUT2D eigenvalue weighted by molar-refractivity contribution is -0.116. The largest absolute Gasteiger partial charge is 0.324 e. The maximum Gasteiger partial charge on any atom is 0.246 e. The van der Waals surface area contributed by atoms with E-state index in [1.165, 1.54) is 15.1 Å². The molecule has 7 nitrogen and oxygen atoms in total. The molecule has 23 heavy (non-hydrogen) atoms. The molecule has 0 saturated carbocycles. The average Bonchev–Trinajstić information content (AvgIpc) is 3.20. The second kappa shape index (κ2) is 6.51. The van der Waals surface area contributed by atoms with Crippen LogP contribution in [0.1, 0.15) is 12.8 Å². The van der Waals surface area contributed by atoms with Gasteiger partial charge in [0.1, 0.15) is 6.54 Å². The Kier molecular flexibility index (Phi) is 4.44. The van der Waals surface area contributed by atoms with Gasteiger partial charge in [-0.2, -0.15) is 9.40 Å². The number of amides is 1. The highest BCUT2D eigenvalue weighted by molar-refractivity contribution is 7.89. The Morgan fingerprint density at radius 1 is 1.22 bits per heavy atom. The van der Waals surface area contributed by atoms with Crippen molar-refractivity contribution in [3.05, 3.63) is 42.7 Å². The summed E-state index contributed by atoms with van der Waals surface area (Å²) in [6, 6.07) is 8.08. The molecule has 1 aromatic carbocycles. The van der Waals surface area contributed by atoms with Crippen molar-refractivity contribution in [3.8, 4) is 0 Å². The molecule has 3 rings (SSSR count). The molecule has 0 aliphatic carbocycles. The van der Waals surface area contributed by atoms with Crippen LogP contribution in [0.15, 0.2) is 47.6 Å². The Morgan fingerprint density at radius 3 is 2.70 bits per heavy atom. The van der Waals surface area contributed by atoms with Crippen molar-refractivity contribution < 1.29 is 13.2 Å². The summed E-state index contributed by atoms with van der Waals surface area (Å²) in [5, 5.41) is 6.66. The zero-order chi connectivity index (χ0) is 16.3. The SMILES string of the molecule is O=C(Cn1cccn1)Nc1cccc(S(=O)(=O)N2CCCC2)c1. The third kappa shape index (κ3) is 3.59. The number of rotatable bonds is 5. The van der Waals surface area contributed by atoms with Crippen LogP contribution in [-0.4, -0.2) is 41.5 Å². The van der Waals surface area contributed by atoms with Crippen LogP contribution in [0, 0.1) is 0 Å². The number of nitrogens with one attached hydrogen (secondary N) is 1. The first-order valence-electron chi connectivity index (χ1n) is 7.43. The van der Waals surface area contributed by atoms with Gasteiger partial charge in [-0.1, -0.05) is 6.07 Å². The molecular formula is C15H18N4O3S. The molecule has 2 aromatic rings. The Bertz CT molecular complexity index is 781. The maximum atomic E-state index is 12.5. The zero-order valence-electron chi connectivity index (χ0n) is 12.6. The van der Waals surface area contributed by atoms with E-state index in [9.17, 15) is 13.2 Å². The van der Waals surface area contributed by atoms with Crippen LogP contribution in [-0.2, 0) is 21.4 Å². The van der Waals surface area contributed by atoms with E-state index in [1.54, 1.807) is 36.7 Å². The van der Waals surface area contributed by atoms with Crippen LogP contribution < -0.4 is 5.32 Å². The Balaban J connectivity index is 1.73. The second-order valence-corrected chi connectivity index (χ2v) is 7.33. The fraction of sp³-hybridized carbons (Fsp3) is 0.333. The van der Waals surface area contributed by atoms with Crippen molar-refractivity contribution in [2.24, 2.45) is 0 Å². The maximum absolute atomic E-state index is 12.5. The van der Waals surface area contributed by atoms with Gasteiger partial charge in [0, 0.05) is 31.2 Å². The summed E-state index contributed by atoms with van der Waals surface area (Å²) < 4.78 is 28.0. The predicted molar refractivity (Wildman–Crippen MR) is 85.3 cm³/mol. The molecule has 8 heteroatoms. The van der Waals surface area contributed by atoms with Crippen molar-refractivity contribution in [1.29, 1.82) is 0 Å². The molecular weight excluding hydrogens is 316 g/mol. The predicted octanol–water partition coefficient (Wildman–Crippen LogP) is 1.31. The number of sulfonamides is 1. The van der Waals surface area contributed by atoms with Crippen LogP contribution in [0.2, 0.25) is 0 Å². The standard InChI is InChI=1S/C15H18N4O3S/c20-15(12-18-8-4-7-16-18)17-13-5-3-6-14(11-13)23(21,22)19-9-1-2-10-19/h3-8,11H,1-2,9-10,12H2,(H,17,20). The molecule has 2 heterocycles. The molecule has 1 aliphatic heterocycles. The number of hydrogen-bond acceptors (Lipinski definition) is 4. The van der Waals surface area contributed by atoms with Gasteiger partial charge in [0.25, 0.3) is 0 Å². The lowest BCUT2D eigenvalue weighted by atomic mass is 10.3. The molecule has 0 radical (unpaired) electrons. The highest BCUT2D eigenvalue weighted by atomic mass is 32.2. The number of nitrogens with zero attached hydrogens (tertiary/aromatic N) is 3. The number of carbonyl (C=O) groups is 1. The molecule has 1 fully saturated rings. The topological polar surface area (TPSA) is 84.3 Å². The van der Waals surface area contributed by atoms with Crippen molar-refractivity contribution >= 4 is 21.6 Å². The fourth-order valence-electron chi connectivity index (χ4n) is 2.55. The molecule has 0 spiro atoms. The van der Waals surface area contributed by atoms with E-state index in [-0.39, 0.29) is 17.3 Å². The van der Waals surface area contributed by atoms with E-state index in [2.05, 4.69) is 10.4 Å². The highest BCUT2D eigenvalue weighted by Crippen LogP contribution is 2.23. The van der Waals surface area contributed by atoms with Crippen LogP contribution in [0.3, 0.4) is 0 Å². The van der Waals surface area contributed by atoms with Gasteiger partial charge >= 0.3 is 0 Å². The van der Waals surface area contributed by atoms with Crippen LogP contribution in [0.5, 0.6) is 0 Å². The van der Waals surface area contributed by atoms with Gasteiger partial charge in [0.15, 0.2) is 0 Å². The van der Waals surface area contributed by atoms with Gasteiger partial charge in [0.05, 0.1) is 4.90 Å². The van der Waals surface area contributed by atoms with Crippen LogP contribution in [0.25, 0.3) is 0 Å². The number of carbonyl (C=O) groups excluding carboxylic acids is 1. The van der Waals surface area contributed by atoms with Crippen LogP contribution in [0.4, 0.5) is 5.69 Å². The first kappa shape index (κ1) is 15.7. The van der Waals surface area contributed by atoms with E-state index in [4.69, 9.17) is 0 Å². The second-order valence-electron chi connectivity index (χ2n) is 5.39. The summed E-state index contributed by atoms with van der Waals surface area (Å²) >= 11 is 0. The molecule has 122 valence electrons. The summed E-state index contributed by atoms with van der Waals surface area (Å²) in [6.45, 7) is 1.19. The van der Waals surface area contributed by atoms with E-state index >= 15 is 0 Å². The van der Waals surface area contributed by atoms with Crippen molar-refractivity contribution in [1.82, 2.24) is 14.1 Å². The van der Waals surface area contributed by atoms with Crippen molar-refractivity contribution in [2.75, 3.05) is 18.4 Å². The average molecular weight is 334 g/mol. The monoisotopic (exact) mass is 334 g/mol. The number of anilines is 1. The van der Waals surface area contributed by atoms with Gasteiger partial charge in [0.2, 0.25) is 15.9 Å². The van der Waals surface area contributed by atoms with E-state index < -0.39 is 10.0 Å². The Hall–Kier alpha value is -2.19. The molecule has 0 atom stereocenters. The number of hydrogen-bond donors (Lipinski definition) is 1. The smallest absolute Gasteiger partial charge is 0.246 e. The molecule has 0 unspecified atom stereocenters. The van der Waals surface area contributed by atoms with Gasteiger partial charge in [-0.3, -0.25) is 9.48 Å². The summed E-state index contributed by atoms with van der Waals surface area (Å²) in [4.78, 5) is 12.2. The van der Waals surface area contributed by atoms with Gasteiger partial charge in [-0.25, -0.2) is 8.42 Å². The van der Waals surface area contributed by atoms with E-state index in [0.717, 1.165) is 12.8 Å². The van der Waals surface area contributed by atoms with Gasteiger partial charge in [-0.05, 0) is 37.1 Å². The summed E-state index contributed by atoms with van der Waals surface area (Å²) in [7, 11) is -3.48.